The van der Waals surface area contributed by atoms with Crippen molar-refractivity contribution < 1.29 is 5.11 Å². The highest BCUT2D eigenvalue weighted by Crippen LogP contribution is 2.15. The number of allylic oxidation sites excluding steroid dienone is 1. The molecule has 0 heterocycles. The lowest BCUT2D eigenvalue weighted by Gasteiger charge is -2.13. The first kappa shape index (κ1) is 11.1. The molecule has 0 aromatic rings. The maximum atomic E-state index is 9.14. The van der Waals surface area contributed by atoms with Gasteiger partial charge >= 0.3 is 0 Å². The summed E-state index contributed by atoms with van der Waals surface area (Å²) < 4.78 is 0. The number of hydrogen-bond acceptors (Lipinski definition) is 2. The maximum Gasteiger partial charge on any atom is 0.0627 e. The SMILES string of the molecule is C=CCCCSC(C)C(C)O. The summed E-state index contributed by atoms with van der Waals surface area (Å²) in [5.74, 6) is 1.12. The normalized spacial score (nSPS) is 15.9. The Bertz CT molecular complexity index is 102. The molecule has 0 aliphatic rings. The van der Waals surface area contributed by atoms with E-state index >= 15 is 0 Å². The molecular formula is C9H18OS. The lowest BCUT2D eigenvalue weighted by Crippen LogP contribution is -2.15. The van der Waals surface area contributed by atoms with Crippen molar-refractivity contribution in [3.63, 3.8) is 0 Å². The van der Waals surface area contributed by atoms with Crippen molar-refractivity contribution in [3.05, 3.63) is 12.7 Å². The number of hydrogen-bond donors (Lipinski definition) is 1. The molecule has 2 atom stereocenters. The van der Waals surface area contributed by atoms with Crippen molar-refractivity contribution >= 4 is 11.8 Å². The van der Waals surface area contributed by atoms with Gasteiger partial charge in [0, 0.05) is 5.25 Å². The second-order valence-corrected chi connectivity index (χ2v) is 4.23. The molecule has 0 aromatic carbocycles. The minimum atomic E-state index is -0.191. The Labute approximate surface area is 73.9 Å². The highest BCUT2D eigenvalue weighted by Gasteiger charge is 2.07. The first-order valence-electron chi connectivity index (χ1n) is 4.09. The van der Waals surface area contributed by atoms with Crippen molar-refractivity contribution in [2.45, 2.75) is 38.0 Å². The number of aliphatic hydroxyl groups is 1. The molecule has 0 aliphatic heterocycles. The van der Waals surface area contributed by atoms with Crippen LogP contribution in [-0.4, -0.2) is 22.2 Å². The zero-order chi connectivity index (χ0) is 8.69. The molecular weight excluding hydrogens is 156 g/mol. The fourth-order valence-corrected chi connectivity index (χ4v) is 1.62. The third kappa shape index (κ3) is 6.45. The lowest BCUT2D eigenvalue weighted by atomic mass is 10.3. The molecule has 0 spiro atoms. The van der Waals surface area contributed by atoms with Gasteiger partial charge in [-0.2, -0.15) is 11.8 Å². The van der Waals surface area contributed by atoms with E-state index in [0.717, 1.165) is 12.2 Å². The molecule has 0 saturated carbocycles. The Morgan fingerprint density at radius 2 is 2.18 bits per heavy atom. The molecule has 11 heavy (non-hydrogen) atoms. The molecule has 2 unspecified atom stereocenters. The van der Waals surface area contributed by atoms with Crippen molar-refractivity contribution in [1.82, 2.24) is 0 Å². The van der Waals surface area contributed by atoms with Crippen LogP contribution in [0.2, 0.25) is 0 Å². The van der Waals surface area contributed by atoms with Gasteiger partial charge in [0.25, 0.3) is 0 Å². The number of unbranched alkanes of at least 4 members (excludes halogenated alkanes) is 1. The molecule has 1 nitrogen and oxygen atoms in total. The number of aliphatic hydroxyl groups excluding tert-OH is 1. The van der Waals surface area contributed by atoms with Crippen molar-refractivity contribution in [2.24, 2.45) is 0 Å². The summed E-state index contributed by atoms with van der Waals surface area (Å²) in [6.45, 7) is 7.55. The second kappa shape index (κ2) is 6.74. The number of rotatable bonds is 6. The Kier molecular flexibility index (Phi) is 6.77. The monoisotopic (exact) mass is 174 g/mol. The van der Waals surface area contributed by atoms with E-state index in [-0.39, 0.29) is 6.10 Å². The fraction of sp³-hybridized carbons (Fsp3) is 0.778. The largest absolute Gasteiger partial charge is 0.392 e. The van der Waals surface area contributed by atoms with Gasteiger partial charge in [-0.15, -0.1) is 6.58 Å². The summed E-state index contributed by atoms with van der Waals surface area (Å²) in [5, 5.41) is 9.50. The van der Waals surface area contributed by atoms with E-state index in [1.54, 1.807) is 0 Å². The van der Waals surface area contributed by atoms with Gasteiger partial charge in [-0.1, -0.05) is 13.0 Å². The molecule has 0 bridgehead atoms. The van der Waals surface area contributed by atoms with Gasteiger partial charge in [-0.3, -0.25) is 0 Å². The van der Waals surface area contributed by atoms with E-state index < -0.39 is 0 Å². The average molecular weight is 174 g/mol. The van der Waals surface area contributed by atoms with Crippen molar-refractivity contribution in [1.29, 1.82) is 0 Å². The first-order valence-corrected chi connectivity index (χ1v) is 5.14. The van der Waals surface area contributed by atoms with Crippen LogP contribution >= 0.6 is 11.8 Å². The van der Waals surface area contributed by atoms with Crippen LogP contribution in [-0.2, 0) is 0 Å². The Balaban J connectivity index is 3.17. The Morgan fingerprint density at radius 3 is 2.64 bits per heavy atom. The molecule has 0 fully saturated rings. The van der Waals surface area contributed by atoms with Crippen LogP contribution in [0.4, 0.5) is 0 Å². The topological polar surface area (TPSA) is 20.2 Å². The Morgan fingerprint density at radius 1 is 1.55 bits per heavy atom. The summed E-state index contributed by atoms with van der Waals surface area (Å²) in [7, 11) is 0. The maximum absolute atomic E-state index is 9.14. The van der Waals surface area contributed by atoms with Crippen LogP contribution < -0.4 is 0 Å². The van der Waals surface area contributed by atoms with E-state index in [9.17, 15) is 0 Å². The standard InChI is InChI=1S/C9H18OS/c1-4-5-6-7-11-9(3)8(2)10/h4,8-10H,1,5-7H2,2-3H3. The minimum absolute atomic E-state index is 0.191. The third-order valence-electron chi connectivity index (χ3n) is 1.61. The third-order valence-corrected chi connectivity index (χ3v) is 3.06. The van der Waals surface area contributed by atoms with Gasteiger partial charge in [0.2, 0.25) is 0 Å². The van der Waals surface area contributed by atoms with Gasteiger partial charge in [0.05, 0.1) is 6.10 Å². The van der Waals surface area contributed by atoms with Crippen LogP contribution in [0.25, 0.3) is 0 Å². The summed E-state index contributed by atoms with van der Waals surface area (Å²) in [5.41, 5.74) is 0. The van der Waals surface area contributed by atoms with Gasteiger partial charge in [0.1, 0.15) is 0 Å². The molecule has 0 rings (SSSR count). The summed E-state index contributed by atoms with van der Waals surface area (Å²) in [6, 6.07) is 0. The van der Waals surface area contributed by atoms with E-state index in [2.05, 4.69) is 13.5 Å². The fourth-order valence-electron chi connectivity index (χ4n) is 0.636. The van der Waals surface area contributed by atoms with Crippen LogP contribution in [0.1, 0.15) is 26.7 Å². The molecule has 0 saturated heterocycles. The smallest absolute Gasteiger partial charge is 0.0627 e. The van der Waals surface area contributed by atoms with Gasteiger partial charge in [-0.05, 0) is 25.5 Å². The predicted octanol–water partition coefficient (Wildman–Crippen LogP) is 2.46. The lowest BCUT2D eigenvalue weighted by molar-refractivity contribution is 0.196. The molecule has 2 heteroatoms. The molecule has 0 amide bonds. The van der Waals surface area contributed by atoms with Crippen LogP contribution in [0.5, 0.6) is 0 Å². The first-order chi connectivity index (χ1) is 5.18. The average Bonchev–Trinajstić information content (AvgIpc) is 1.97. The minimum Gasteiger partial charge on any atom is -0.392 e. The highest BCUT2D eigenvalue weighted by molar-refractivity contribution is 7.99. The quantitative estimate of drug-likeness (QED) is 0.493. The number of thioether (sulfide) groups is 1. The molecule has 0 aliphatic carbocycles. The Hall–Kier alpha value is 0.0500. The zero-order valence-corrected chi connectivity index (χ0v) is 8.23. The summed E-state index contributed by atoms with van der Waals surface area (Å²) >= 11 is 1.83. The van der Waals surface area contributed by atoms with E-state index in [0.29, 0.717) is 5.25 Å². The van der Waals surface area contributed by atoms with Crippen LogP contribution in [0.3, 0.4) is 0 Å². The van der Waals surface area contributed by atoms with Gasteiger partial charge in [-0.25, -0.2) is 0 Å². The highest BCUT2D eigenvalue weighted by atomic mass is 32.2. The second-order valence-electron chi connectivity index (χ2n) is 2.75. The van der Waals surface area contributed by atoms with Crippen LogP contribution in [0, 0.1) is 0 Å². The van der Waals surface area contributed by atoms with Crippen LogP contribution in [0.15, 0.2) is 12.7 Å². The molecule has 1 N–H and O–H groups in total. The van der Waals surface area contributed by atoms with E-state index in [4.69, 9.17) is 5.11 Å². The van der Waals surface area contributed by atoms with E-state index in [1.165, 1.54) is 6.42 Å². The zero-order valence-electron chi connectivity index (χ0n) is 7.42. The van der Waals surface area contributed by atoms with Gasteiger partial charge in [0.15, 0.2) is 0 Å². The molecule has 66 valence electrons. The summed E-state index contributed by atoms with van der Waals surface area (Å²) in [6.07, 6.45) is 4.00. The summed E-state index contributed by atoms with van der Waals surface area (Å²) in [4.78, 5) is 0. The van der Waals surface area contributed by atoms with Gasteiger partial charge < -0.3 is 5.11 Å². The molecule has 0 aromatic heterocycles. The molecule has 0 radical (unpaired) electrons. The van der Waals surface area contributed by atoms with E-state index in [1.807, 2.05) is 24.8 Å². The van der Waals surface area contributed by atoms with Crippen molar-refractivity contribution in [2.75, 3.05) is 5.75 Å². The van der Waals surface area contributed by atoms with Crippen molar-refractivity contribution in [3.8, 4) is 0 Å². The predicted molar refractivity (Wildman–Crippen MR) is 53.0 cm³/mol.